The fourth-order valence-corrected chi connectivity index (χ4v) is 2.94. The second kappa shape index (κ2) is 5.74. The van der Waals surface area contributed by atoms with Crippen LogP contribution in [0.4, 0.5) is 11.4 Å². The SMILES string of the molecule is Cc1cc(Br)c(NC(=O)C2CCCCC2)cc1N. The van der Waals surface area contributed by atoms with E-state index in [1.807, 2.05) is 19.1 Å². The van der Waals surface area contributed by atoms with E-state index in [-0.39, 0.29) is 11.8 Å². The minimum Gasteiger partial charge on any atom is -0.398 e. The monoisotopic (exact) mass is 310 g/mol. The van der Waals surface area contributed by atoms with E-state index in [9.17, 15) is 4.79 Å². The molecule has 18 heavy (non-hydrogen) atoms. The van der Waals surface area contributed by atoms with Crippen molar-refractivity contribution in [3.05, 3.63) is 22.2 Å². The Morgan fingerprint density at radius 3 is 2.67 bits per heavy atom. The molecule has 0 bridgehead atoms. The number of hydrogen-bond acceptors (Lipinski definition) is 2. The number of amides is 1. The number of halogens is 1. The zero-order valence-electron chi connectivity index (χ0n) is 10.6. The Balaban J connectivity index is 2.08. The fourth-order valence-electron chi connectivity index (χ4n) is 2.38. The van der Waals surface area contributed by atoms with Crippen molar-refractivity contribution in [1.82, 2.24) is 0 Å². The molecule has 1 saturated carbocycles. The van der Waals surface area contributed by atoms with Gasteiger partial charge >= 0.3 is 0 Å². The fraction of sp³-hybridized carbons (Fsp3) is 0.500. The highest BCUT2D eigenvalue weighted by Crippen LogP contribution is 2.30. The van der Waals surface area contributed by atoms with Crippen molar-refractivity contribution in [2.45, 2.75) is 39.0 Å². The number of nitrogens with two attached hydrogens (primary N) is 1. The van der Waals surface area contributed by atoms with E-state index in [0.29, 0.717) is 5.69 Å². The minimum atomic E-state index is 0.124. The van der Waals surface area contributed by atoms with E-state index in [2.05, 4.69) is 21.2 Å². The van der Waals surface area contributed by atoms with Crippen molar-refractivity contribution in [3.63, 3.8) is 0 Å². The Kier molecular flexibility index (Phi) is 4.27. The van der Waals surface area contributed by atoms with Gasteiger partial charge in [-0.2, -0.15) is 0 Å². The molecule has 0 unspecified atom stereocenters. The number of carbonyl (C=O) groups is 1. The topological polar surface area (TPSA) is 55.1 Å². The quantitative estimate of drug-likeness (QED) is 0.815. The highest BCUT2D eigenvalue weighted by molar-refractivity contribution is 9.10. The molecular formula is C14H19BrN2O. The Morgan fingerprint density at radius 1 is 1.33 bits per heavy atom. The van der Waals surface area contributed by atoms with Crippen molar-refractivity contribution in [1.29, 1.82) is 0 Å². The summed E-state index contributed by atoms with van der Waals surface area (Å²) in [6.45, 7) is 1.95. The van der Waals surface area contributed by atoms with E-state index in [4.69, 9.17) is 5.73 Å². The Morgan fingerprint density at radius 2 is 2.00 bits per heavy atom. The van der Waals surface area contributed by atoms with Gasteiger partial charge in [0, 0.05) is 16.1 Å². The van der Waals surface area contributed by atoms with Gasteiger partial charge in [0.2, 0.25) is 5.91 Å². The average molecular weight is 311 g/mol. The molecular weight excluding hydrogens is 292 g/mol. The maximum atomic E-state index is 12.1. The van der Waals surface area contributed by atoms with E-state index in [1.54, 1.807) is 0 Å². The maximum Gasteiger partial charge on any atom is 0.227 e. The maximum absolute atomic E-state index is 12.1. The number of nitrogen functional groups attached to an aromatic ring is 1. The Hall–Kier alpha value is -1.03. The number of carbonyl (C=O) groups excluding carboxylic acids is 1. The van der Waals surface area contributed by atoms with Gasteiger partial charge in [0.1, 0.15) is 0 Å². The summed E-state index contributed by atoms with van der Waals surface area (Å²) >= 11 is 3.46. The normalized spacial score (nSPS) is 16.6. The van der Waals surface area contributed by atoms with E-state index in [1.165, 1.54) is 6.42 Å². The zero-order chi connectivity index (χ0) is 13.1. The molecule has 0 aliphatic heterocycles. The molecule has 1 aromatic rings. The molecule has 0 heterocycles. The van der Waals surface area contributed by atoms with Crippen LogP contribution in [0.1, 0.15) is 37.7 Å². The van der Waals surface area contributed by atoms with Gasteiger partial charge in [0.25, 0.3) is 0 Å². The number of nitrogens with one attached hydrogen (secondary N) is 1. The largest absolute Gasteiger partial charge is 0.398 e. The van der Waals surface area contributed by atoms with Crippen LogP contribution >= 0.6 is 15.9 Å². The summed E-state index contributed by atoms with van der Waals surface area (Å²) in [6.07, 6.45) is 5.59. The molecule has 2 rings (SSSR count). The molecule has 1 aliphatic carbocycles. The molecule has 1 aliphatic rings. The van der Waals surface area contributed by atoms with Crippen molar-refractivity contribution in [2.24, 2.45) is 5.92 Å². The first-order valence-electron chi connectivity index (χ1n) is 6.44. The van der Waals surface area contributed by atoms with Crippen LogP contribution in [-0.4, -0.2) is 5.91 Å². The number of rotatable bonds is 2. The Labute approximate surface area is 116 Å². The predicted octanol–water partition coefficient (Wildman–Crippen LogP) is 3.86. The molecule has 0 saturated heterocycles. The number of hydrogen-bond donors (Lipinski definition) is 2. The molecule has 3 N–H and O–H groups in total. The van der Waals surface area contributed by atoms with Crippen LogP contribution in [0.15, 0.2) is 16.6 Å². The van der Waals surface area contributed by atoms with Gasteiger partial charge in [-0.3, -0.25) is 4.79 Å². The molecule has 4 heteroatoms. The first-order chi connectivity index (χ1) is 8.58. The first kappa shape index (κ1) is 13.4. The summed E-state index contributed by atoms with van der Waals surface area (Å²) in [5.74, 6) is 0.284. The molecule has 0 aromatic heterocycles. The van der Waals surface area contributed by atoms with Gasteiger partial charge in [0.15, 0.2) is 0 Å². The van der Waals surface area contributed by atoms with E-state index >= 15 is 0 Å². The van der Waals surface area contributed by atoms with Crippen LogP contribution in [0.2, 0.25) is 0 Å². The highest BCUT2D eigenvalue weighted by atomic mass is 79.9. The summed E-state index contributed by atoms with van der Waals surface area (Å²) in [5.41, 5.74) is 8.36. The van der Waals surface area contributed by atoms with Gasteiger partial charge in [0.05, 0.1) is 5.69 Å². The lowest BCUT2D eigenvalue weighted by atomic mass is 9.88. The van der Waals surface area contributed by atoms with Gasteiger partial charge in [-0.1, -0.05) is 19.3 Å². The first-order valence-corrected chi connectivity index (χ1v) is 7.23. The highest BCUT2D eigenvalue weighted by Gasteiger charge is 2.21. The minimum absolute atomic E-state index is 0.124. The summed E-state index contributed by atoms with van der Waals surface area (Å²) in [7, 11) is 0. The predicted molar refractivity (Wildman–Crippen MR) is 78.5 cm³/mol. The smallest absolute Gasteiger partial charge is 0.227 e. The van der Waals surface area contributed by atoms with Gasteiger partial charge in [-0.25, -0.2) is 0 Å². The van der Waals surface area contributed by atoms with Crippen LogP contribution in [0.3, 0.4) is 0 Å². The van der Waals surface area contributed by atoms with Gasteiger partial charge < -0.3 is 11.1 Å². The molecule has 1 aromatic carbocycles. The van der Waals surface area contributed by atoms with Crippen LogP contribution in [0, 0.1) is 12.8 Å². The van der Waals surface area contributed by atoms with Crippen molar-refractivity contribution >= 4 is 33.2 Å². The van der Waals surface area contributed by atoms with E-state index < -0.39 is 0 Å². The van der Waals surface area contributed by atoms with Gasteiger partial charge in [-0.05, 0) is 53.4 Å². The molecule has 3 nitrogen and oxygen atoms in total. The van der Waals surface area contributed by atoms with Crippen molar-refractivity contribution in [2.75, 3.05) is 11.1 Å². The molecule has 0 spiro atoms. The lowest BCUT2D eigenvalue weighted by Crippen LogP contribution is -2.24. The summed E-state index contributed by atoms with van der Waals surface area (Å²) in [6, 6.07) is 3.76. The molecule has 0 radical (unpaired) electrons. The van der Waals surface area contributed by atoms with Crippen LogP contribution in [-0.2, 0) is 4.79 Å². The molecule has 98 valence electrons. The second-order valence-electron chi connectivity index (χ2n) is 5.01. The standard InChI is InChI=1S/C14H19BrN2O/c1-9-7-11(15)13(8-12(9)16)17-14(18)10-5-3-2-4-6-10/h7-8,10H,2-6,16H2,1H3,(H,17,18). The van der Waals surface area contributed by atoms with Crippen LogP contribution in [0.5, 0.6) is 0 Å². The molecule has 0 atom stereocenters. The third-order valence-electron chi connectivity index (χ3n) is 3.59. The summed E-state index contributed by atoms with van der Waals surface area (Å²) < 4.78 is 0.887. The third-order valence-corrected chi connectivity index (χ3v) is 4.25. The molecule has 1 fully saturated rings. The lowest BCUT2D eigenvalue weighted by molar-refractivity contribution is -0.120. The van der Waals surface area contributed by atoms with Gasteiger partial charge in [-0.15, -0.1) is 0 Å². The summed E-state index contributed by atoms with van der Waals surface area (Å²) in [4.78, 5) is 12.1. The van der Waals surface area contributed by atoms with Crippen molar-refractivity contribution < 1.29 is 4.79 Å². The third kappa shape index (κ3) is 3.05. The number of benzene rings is 1. The summed E-state index contributed by atoms with van der Waals surface area (Å²) in [5, 5.41) is 2.98. The van der Waals surface area contributed by atoms with Crippen LogP contribution in [0.25, 0.3) is 0 Å². The van der Waals surface area contributed by atoms with E-state index in [0.717, 1.165) is 41.4 Å². The van der Waals surface area contributed by atoms with Crippen molar-refractivity contribution in [3.8, 4) is 0 Å². The Bertz CT molecular complexity index is 453. The lowest BCUT2D eigenvalue weighted by Gasteiger charge is -2.21. The second-order valence-corrected chi connectivity index (χ2v) is 5.87. The number of aryl methyl sites for hydroxylation is 1. The average Bonchev–Trinajstić information content (AvgIpc) is 2.37. The molecule has 1 amide bonds. The number of anilines is 2. The zero-order valence-corrected chi connectivity index (χ0v) is 12.2. The van der Waals surface area contributed by atoms with Crippen LogP contribution < -0.4 is 11.1 Å².